The normalized spacial score (nSPS) is 26.5. The molecule has 3 aliphatic carbocycles. The first-order valence-corrected chi connectivity index (χ1v) is 17.0. The number of amides is 1. The van der Waals surface area contributed by atoms with Crippen molar-refractivity contribution in [2.75, 3.05) is 32.6 Å². The maximum absolute atomic E-state index is 14.3. The van der Waals surface area contributed by atoms with Gasteiger partial charge in [0.2, 0.25) is 5.78 Å². The van der Waals surface area contributed by atoms with Crippen LogP contribution in [0.15, 0.2) is 59.4 Å². The molecule has 1 unspecified atom stereocenters. The summed E-state index contributed by atoms with van der Waals surface area (Å²) >= 11 is 0. The van der Waals surface area contributed by atoms with Gasteiger partial charge in [-0.1, -0.05) is 43.3 Å². The smallest absolute Gasteiger partial charge is 0.357 e. The molecule has 0 spiro atoms. The van der Waals surface area contributed by atoms with Gasteiger partial charge in [-0.15, -0.1) is 0 Å². The molecule has 2 aromatic rings. The molecule has 6 atom stereocenters. The molecule has 0 aromatic heterocycles. The van der Waals surface area contributed by atoms with Crippen molar-refractivity contribution in [1.82, 2.24) is 4.90 Å². The number of nitrogens with zero attached hydrogens (tertiary/aromatic N) is 1. The number of likely N-dealkylation sites (N-methyl/N-ethyl adjacent to an activating group) is 1. The lowest BCUT2D eigenvalue weighted by Gasteiger charge is -2.51. The molecule has 2 aromatic carbocycles. The third kappa shape index (κ3) is 5.26. The minimum Gasteiger partial charge on any atom is -0.508 e. The SMILES string of the molecule is CCOP(=O)(OCC)C(Nc1ccc2c(c1O)C(O)=C1C(=O)[C@]3(O)C(O)=C(C(N)=O)C(=O)[C@@H](N(C)C)[C@@H]3C[C@@H]1[C@H]2C)c1ccccc1. The number of phenols is 1. The predicted octanol–water partition coefficient (Wildman–Crippen LogP) is 3.90. The van der Waals surface area contributed by atoms with Crippen LogP contribution in [0.1, 0.15) is 55.6 Å². The molecule has 1 amide bonds. The maximum atomic E-state index is 14.3. The monoisotopic (exact) mass is 669 g/mol. The zero-order valence-corrected chi connectivity index (χ0v) is 27.7. The number of anilines is 1. The number of fused-ring (bicyclic) bond motifs is 3. The molecule has 7 N–H and O–H groups in total. The van der Waals surface area contributed by atoms with Crippen molar-refractivity contribution in [3.05, 3.63) is 76.1 Å². The number of ketones is 2. The number of benzene rings is 2. The van der Waals surface area contributed by atoms with Crippen LogP contribution in [0, 0.1) is 11.8 Å². The summed E-state index contributed by atoms with van der Waals surface area (Å²) in [6.45, 7) is 5.29. The Balaban J connectivity index is 1.66. The van der Waals surface area contributed by atoms with Crippen molar-refractivity contribution in [2.45, 2.75) is 50.5 Å². The van der Waals surface area contributed by atoms with Crippen molar-refractivity contribution >= 4 is 36.5 Å². The van der Waals surface area contributed by atoms with Gasteiger partial charge in [0.25, 0.3) is 5.91 Å². The van der Waals surface area contributed by atoms with Gasteiger partial charge in [0.15, 0.2) is 17.2 Å². The van der Waals surface area contributed by atoms with Crippen LogP contribution in [0.4, 0.5) is 5.69 Å². The van der Waals surface area contributed by atoms with E-state index < -0.39 is 83.1 Å². The van der Waals surface area contributed by atoms with Gasteiger partial charge in [-0.3, -0.25) is 23.8 Å². The van der Waals surface area contributed by atoms with E-state index in [-0.39, 0.29) is 36.5 Å². The number of aliphatic hydroxyl groups is 3. The fraction of sp³-hybridized carbons (Fsp3) is 0.424. The summed E-state index contributed by atoms with van der Waals surface area (Å²) in [7, 11) is -0.790. The average molecular weight is 670 g/mol. The third-order valence-corrected chi connectivity index (χ3v) is 11.7. The van der Waals surface area contributed by atoms with Crippen LogP contribution in [0.2, 0.25) is 0 Å². The summed E-state index contributed by atoms with van der Waals surface area (Å²) in [5, 5.41) is 49.5. The van der Waals surface area contributed by atoms with Crippen molar-refractivity contribution in [3.63, 3.8) is 0 Å². The van der Waals surface area contributed by atoms with E-state index >= 15 is 0 Å². The number of carbonyl (C=O) groups is 3. The van der Waals surface area contributed by atoms with Crippen LogP contribution < -0.4 is 11.1 Å². The molecule has 5 rings (SSSR count). The molecule has 1 saturated carbocycles. The van der Waals surface area contributed by atoms with Crippen LogP contribution >= 0.6 is 7.60 Å². The lowest BCUT2D eigenvalue weighted by atomic mass is 9.55. The molecule has 0 radical (unpaired) electrons. The van der Waals surface area contributed by atoms with Crippen LogP contribution in [0.3, 0.4) is 0 Å². The minimum absolute atomic E-state index is 0.0321. The molecule has 0 bridgehead atoms. The van der Waals surface area contributed by atoms with Crippen molar-refractivity contribution in [2.24, 2.45) is 17.6 Å². The quantitative estimate of drug-likeness (QED) is 0.121. The van der Waals surface area contributed by atoms with Gasteiger partial charge in [-0.2, -0.15) is 0 Å². The lowest BCUT2D eigenvalue weighted by molar-refractivity contribution is -0.154. The largest absolute Gasteiger partial charge is 0.508 e. The number of carbonyl (C=O) groups excluding carboxylic acids is 3. The van der Waals surface area contributed by atoms with E-state index in [1.807, 2.05) is 0 Å². The Morgan fingerprint density at radius 2 is 1.70 bits per heavy atom. The molecule has 0 aliphatic heterocycles. The summed E-state index contributed by atoms with van der Waals surface area (Å²) in [6, 6.07) is 10.8. The number of primary amides is 1. The van der Waals surface area contributed by atoms with Gasteiger partial charge in [0.1, 0.15) is 22.8 Å². The van der Waals surface area contributed by atoms with Gasteiger partial charge < -0.3 is 40.5 Å². The van der Waals surface area contributed by atoms with E-state index in [9.17, 15) is 39.4 Å². The van der Waals surface area contributed by atoms with Gasteiger partial charge in [0, 0.05) is 11.5 Å². The van der Waals surface area contributed by atoms with E-state index in [1.54, 1.807) is 77.3 Å². The number of phenolic OH excluding ortho intramolecular Hbond substituents is 1. The van der Waals surface area contributed by atoms with Crippen molar-refractivity contribution < 1.29 is 48.4 Å². The number of aromatic hydroxyl groups is 1. The first-order valence-electron chi connectivity index (χ1n) is 15.4. The molecular formula is C33H40N3O10P. The van der Waals surface area contributed by atoms with Gasteiger partial charge >= 0.3 is 7.60 Å². The molecule has 252 valence electrons. The number of aliphatic hydroxyl groups excluding tert-OH is 2. The van der Waals surface area contributed by atoms with Crippen LogP contribution in [0.5, 0.6) is 5.75 Å². The highest BCUT2D eigenvalue weighted by Crippen LogP contribution is 2.62. The van der Waals surface area contributed by atoms with E-state index in [1.165, 1.54) is 4.90 Å². The first kappa shape index (κ1) is 34.3. The average Bonchev–Trinajstić information content (AvgIpc) is 3.01. The van der Waals surface area contributed by atoms with Crippen molar-refractivity contribution in [1.29, 1.82) is 0 Å². The lowest BCUT2D eigenvalue weighted by Crippen LogP contribution is -2.65. The van der Waals surface area contributed by atoms with Crippen LogP contribution in [-0.2, 0) is 28.0 Å². The minimum atomic E-state index is -3.88. The molecule has 1 fully saturated rings. The number of nitrogens with one attached hydrogen (secondary N) is 1. The maximum Gasteiger partial charge on any atom is 0.357 e. The number of Topliss-reactive ketones (excluding diaryl/α,β-unsaturated/α-hetero) is 2. The zero-order valence-electron chi connectivity index (χ0n) is 26.8. The first-order chi connectivity index (χ1) is 22.1. The molecule has 0 saturated heterocycles. The van der Waals surface area contributed by atoms with E-state index in [0.717, 1.165) is 0 Å². The topological polar surface area (TPSA) is 209 Å². The van der Waals surface area contributed by atoms with E-state index in [4.69, 9.17) is 14.8 Å². The Bertz CT molecular complexity index is 1730. The van der Waals surface area contributed by atoms with E-state index in [2.05, 4.69) is 5.32 Å². The number of nitrogens with two attached hydrogens (primary N) is 1. The molecule has 0 heterocycles. The Morgan fingerprint density at radius 1 is 1.09 bits per heavy atom. The highest BCUT2D eigenvalue weighted by molar-refractivity contribution is 7.54. The number of hydrogen-bond acceptors (Lipinski definition) is 12. The summed E-state index contributed by atoms with van der Waals surface area (Å²) in [4.78, 5) is 41.3. The highest BCUT2D eigenvalue weighted by Gasteiger charge is 2.64. The summed E-state index contributed by atoms with van der Waals surface area (Å²) in [5.41, 5.74) is 2.46. The molecule has 3 aliphatic rings. The zero-order chi connectivity index (χ0) is 34.6. The summed E-state index contributed by atoms with van der Waals surface area (Å²) in [5.74, 6) is -9.01. The van der Waals surface area contributed by atoms with Crippen LogP contribution in [-0.4, -0.2) is 81.8 Å². The predicted molar refractivity (Wildman–Crippen MR) is 173 cm³/mol. The van der Waals surface area contributed by atoms with E-state index in [0.29, 0.717) is 11.1 Å². The Hall–Kier alpha value is -4.00. The van der Waals surface area contributed by atoms with Gasteiger partial charge in [-0.25, -0.2) is 0 Å². The molecular weight excluding hydrogens is 629 g/mol. The highest BCUT2D eigenvalue weighted by atomic mass is 31.2. The summed E-state index contributed by atoms with van der Waals surface area (Å²) in [6.07, 6.45) is -0.0321. The Kier molecular flexibility index (Phi) is 9.17. The Morgan fingerprint density at radius 3 is 2.26 bits per heavy atom. The molecule has 14 heteroatoms. The second-order valence-electron chi connectivity index (χ2n) is 12.2. The van der Waals surface area contributed by atoms with Gasteiger partial charge in [0.05, 0.1) is 30.5 Å². The third-order valence-electron chi connectivity index (χ3n) is 9.44. The fourth-order valence-corrected chi connectivity index (χ4v) is 9.26. The van der Waals surface area contributed by atoms with Crippen molar-refractivity contribution in [3.8, 4) is 5.75 Å². The Labute approximate surface area is 272 Å². The number of rotatable bonds is 10. The molecule has 47 heavy (non-hydrogen) atoms. The summed E-state index contributed by atoms with van der Waals surface area (Å²) < 4.78 is 25.3. The number of hydrogen-bond donors (Lipinski definition) is 6. The second kappa shape index (κ2) is 12.6. The molecule has 13 nitrogen and oxygen atoms in total. The fourth-order valence-electron chi connectivity index (χ4n) is 7.33. The van der Waals surface area contributed by atoms with Gasteiger partial charge in [-0.05, 0) is 63.4 Å². The standard InChI is InChI=1S/C33H40N3O10P/c1-6-45-47(44,46-7-2)32(17-11-9-8-10-12-17)35-21-14-13-18-16(3)19-15-20-25(36(4)5)28(39)24(31(34)42)30(41)33(20,43)29(40)23(19)27(38)22(18)26(21)37/h8-14,16,19-20,25,32,35,37-38,41,43H,6-7,15H2,1-5H3,(H2,34,42)/t16-,19+,20-,25-,32?,33-/m0/s1. The van der Waals surface area contributed by atoms with Crippen LogP contribution in [0.25, 0.3) is 5.76 Å². The second-order valence-corrected chi connectivity index (χ2v) is 14.3.